The van der Waals surface area contributed by atoms with Gasteiger partial charge in [0, 0.05) is 63.0 Å². The zero-order chi connectivity index (χ0) is 25.5. The molecular formula is C29H33BrN2O4S. The molecule has 6 nitrogen and oxygen atoms in total. The van der Waals surface area contributed by atoms with Crippen LogP contribution in [0.2, 0.25) is 0 Å². The van der Waals surface area contributed by atoms with Crippen molar-refractivity contribution in [3.8, 4) is 17.2 Å². The number of rotatable bonds is 6. The van der Waals surface area contributed by atoms with Gasteiger partial charge >= 0.3 is 0 Å². The Hall–Kier alpha value is -2.03. The molecule has 2 aromatic rings. The van der Waals surface area contributed by atoms with Gasteiger partial charge in [0.15, 0.2) is 11.5 Å². The molecule has 1 spiro atoms. The van der Waals surface area contributed by atoms with Crippen molar-refractivity contribution in [2.75, 3.05) is 27.2 Å². The molecule has 1 aromatic carbocycles. The Morgan fingerprint density at radius 1 is 1.35 bits per heavy atom. The number of phenols is 1. The predicted octanol–water partition coefficient (Wildman–Crippen LogP) is 5.21. The van der Waals surface area contributed by atoms with E-state index in [1.54, 1.807) is 30.6 Å². The van der Waals surface area contributed by atoms with Gasteiger partial charge in [-0.15, -0.1) is 11.3 Å². The van der Waals surface area contributed by atoms with Crippen molar-refractivity contribution in [3.63, 3.8) is 0 Å². The first-order valence-corrected chi connectivity index (χ1v) is 15.1. The lowest BCUT2D eigenvalue weighted by atomic mass is 9.50. The minimum atomic E-state index is -0.195. The number of thiophene rings is 1. The number of benzene rings is 1. The molecule has 2 aliphatic heterocycles. The van der Waals surface area contributed by atoms with Crippen molar-refractivity contribution in [1.82, 2.24) is 9.80 Å². The van der Waals surface area contributed by atoms with E-state index in [1.165, 1.54) is 24.9 Å². The number of hydrogen-bond acceptors (Lipinski definition) is 6. The Morgan fingerprint density at radius 2 is 2.19 bits per heavy atom. The van der Waals surface area contributed by atoms with Gasteiger partial charge in [-0.2, -0.15) is 0 Å². The van der Waals surface area contributed by atoms with Gasteiger partial charge < -0.3 is 19.5 Å². The molecule has 1 N–H and O–H groups in total. The normalized spacial score (nSPS) is 31.8. The number of nitrogens with zero attached hydrogens (tertiary/aromatic N) is 2. The minimum Gasteiger partial charge on any atom is -0.508 e. The van der Waals surface area contributed by atoms with Crippen LogP contribution in [0.25, 0.3) is 6.08 Å². The quantitative estimate of drug-likeness (QED) is 0.472. The maximum Gasteiger partial charge on any atom is 0.246 e. The largest absolute Gasteiger partial charge is 0.508 e. The van der Waals surface area contributed by atoms with E-state index < -0.39 is 0 Å². The molecule has 1 aromatic heterocycles. The van der Waals surface area contributed by atoms with E-state index >= 15 is 0 Å². The van der Waals surface area contributed by atoms with Crippen LogP contribution in [0.4, 0.5) is 0 Å². The van der Waals surface area contributed by atoms with Crippen LogP contribution < -0.4 is 9.47 Å². The fraction of sp³-hybridized carbons (Fsp3) is 0.552. The van der Waals surface area contributed by atoms with E-state index in [2.05, 4.69) is 20.8 Å². The number of methoxy groups -OCH3 is 1. The summed E-state index contributed by atoms with van der Waals surface area (Å²) < 4.78 is 13.6. The molecule has 8 heteroatoms. The summed E-state index contributed by atoms with van der Waals surface area (Å²) in [6.45, 7) is 2.22. The second-order valence-electron chi connectivity index (χ2n) is 11.5. The fourth-order valence-corrected chi connectivity index (χ4v) is 9.24. The molecule has 3 fully saturated rings. The number of likely N-dealkylation sites (N-methyl/N-ethyl adjacent to an activating group) is 1. The lowest BCUT2D eigenvalue weighted by Crippen LogP contribution is -2.69. The van der Waals surface area contributed by atoms with Crippen LogP contribution in [0, 0.1) is 11.8 Å². The van der Waals surface area contributed by atoms with Crippen LogP contribution in [-0.4, -0.2) is 66.2 Å². The number of hydrogen-bond donors (Lipinski definition) is 1. The highest BCUT2D eigenvalue weighted by Gasteiger charge is 2.67. The zero-order valence-electron chi connectivity index (χ0n) is 21.3. The fourth-order valence-electron chi connectivity index (χ4n) is 7.91. The number of phenolic OH excluding ortho intramolecular Hbond substituents is 1. The second-order valence-corrected chi connectivity index (χ2v) is 13.4. The van der Waals surface area contributed by atoms with Crippen molar-refractivity contribution in [2.24, 2.45) is 11.8 Å². The second kappa shape index (κ2) is 8.75. The zero-order valence-corrected chi connectivity index (χ0v) is 23.7. The number of amides is 1. The monoisotopic (exact) mass is 584 g/mol. The highest BCUT2D eigenvalue weighted by atomic mass is 79.9. The topological polar surface area (TPSA) is 62.2 Å². The van der Waals surface area contributed by atoms with Crippen LogP contribution in [0.3, 0.4) is 0 Å². The Bertz CT molecular complexity index is 1290. The van der Waals surface area contributed by atoms with E-state index in [4.69, 9.17) is 9.47 Å². The first kappa shape index (κ1) is 24.0. The Balaban J connectivity index is 1.26. The Morgan fingerprint density at radius 3 is 2.92 bits per heavy atom. The van der Waals surface area contributed by atoms with Gasteiger partial charge in [-0.1, -0.05) is 0 Å². The third kappa shape index (κ3) is 3.62. The van der Waals surface area contributed by atoms with Crippen molar-refractivity contribution in [1.29, 1.82) is 0 Å². The highest BCUT2D eigenvalue weighted by molar-refractivity contribution is 9.10. The molecule has 2 saturated carbocycles. The number of ether oxygens (including phenoxy) is 2. The van der Waals surface area contributed by atoms with Crippen molar-refractivity contribution in [2.45, 2.75) is 62.1 Å². The van der Waals surface area contributed by atoms with Gasteiger partial charge in [-0.05, 0) is 85.0 Å². The summed E-state index contributed by atoms with van der Waals surface area (Å²) in [5.74, 6) is 3.02. The van der Waals surface area contributed by atoms with E-state index in [9.17, 15) is 9.90 Å². The van der Waals surface area contributed by atoms with Crippen molar-refractivity contribution >= 4 is 39.2 Å². The SMILES string of the molecule is COc1cc(O)c2c3c1O[C@H]1[C@@H](N(C)C(=O)/C=C/c4cc(Br)cs4)CC[C@H]4[C@@H](C2)N(CC2CC2)CC[C@@]341. The minimum absolute atomic E-state index is 0.00232. The van der Waals surface area contributed by atoms with E-state index in [0.717, 1.165) is 58.8 Å². The standard InChI is InChI=1S/C29H33BrN2O4S/c1-31(25(34)8-5-18-11-17(30)15-37-18)21-7-6-20-22-12-19-23(33)13-24(35-2)27-26(19)29(20,28(21)36-27)9-10-32(22)14-16-3-4-16/h5,8,11,13,15-16,20-22,28,33H,3-4,6-7,9-10,12,14H2,1-2H3/b8-5+/t20-,21-,22+,28-,29-/m0/s1. The summed E-state index contributed by atoms with van der Waals surface area (Å²) in [5, 5.41) is 13.2. The van der Waals surface area contributed by atoms with Crippen molar-refractivity contribution < 1.29 is 19.4 Å². The summed E-state index contributed by atoms with van der Waals surface area (Å²) in [6.07, 6.45) is 9.98. The first-order valence-electron chi connectivity index (χ1n) is 13.4. The molecule has 7 rings (SSSR count). The summed E-state index contributed by atoms with van der Waals surface area (Å²) in [6, 6.07) is 4.13. The maximum atomic E-state index is 13.4. The third-order valence-corrected chi connectivity index (χ3v) is 11.4. The van der Waals surface area contributed by atoms with Crippen LogP contribution in [-0.2, 0) is 16.6 Å². The van der Waals surface area contributed by atoms with Gasteiger partial charge in [-0.3, -0.25) is 9.69 Å². The highest BCUT2D eigenvalue weighted by Crippen LogP contribution is 2.65. The summed E-state index contributed by atoms with van der Waals surface area (Å²) in [4.78, 5) is 19.0. The molecule has 1 saturated heterocycles. The van der Waals surface area contributed by atoms with Gasteiger partial charge in [0.25, 0.3) is 0 Å². The molecule has 5 atom stereocenters. The predicted molar refractivity (Wildman–Crippen MR) is 147 cm³/mol. The molecular weight excluding hydrogens is 552 g/mol. The van der Waals surface area contributed by atoms with E-state index in [1.807, 2.05) is 29.5 Å². The maximum absolute atomic E-state index is 13.4. The first-order chi connectivity index (χ1) is 17.9. The molecule has 3 heterocycles. The Kier molecular flexibility index (Phi) is 5.68. The Labute approximate surface area is 230 Å². The molecule has 5 aliphatic rings. The molecule has 0 unspecified atom stereocenters. The van der Waals surface area contributed by atoms with Gasteiger partial charge in [0.1, 0.15) is 11.9 Å². The molecule has 37 heavy (non-hydrogen) atoms. The number of halogens is 1. The number of carbonyl (C=O) groups is 1. The molecule has 2 bridgehead atoms. The third-order valence-electron chi connectivity index (χ3n) is 9.72. The van der Waals surface area contributed by atoms with Gasteiger partial charge in [-0.25, -0.2) is 0 Å². The summed E-state index contributed by atoms with van der Waals surface area (Å²) in [7, 11) is 3.56. The van der Waals surface area contributed by atoms with Crippen LogP contribution in [0.15, 0.2) is 28.1 Å². The number of aromatic hydroxyl groups is 1. The molecule has 196 valence electrons. The van der Waals surface area contributed by atoms with Crippen molar-refractivity contribution in [3.05, 3.63) is 44.1 Å². The van der Waals surface area contributed by atoms with Gasteiger partial charge in [0.2, 0.25) is 5.91 Å². The average molecular weight is 586 g/mol. The molecule has 3 aliphatic carbocycles. The lowest BCUT2D eigenvalue weighted by molar-refractivity contribution is -0.135. The number of piperidine rings is 1. The molecule has 0 radical (unpaired) electrons. The summed E-state index contributed by atoms with van der Waals surface area (Å²) >= 11 is 5.10. The van der Waals surface area contributed by atoms with Crippen LogP contribution in [0.1, 0.15) is 48.1 Å². The number of carbonyl (C=O) groups excluding carboxylic acids is 1. The smallest absolute Gasteiger partial charge is 0.246 e. The van der Waals surface area contributed by atoms with Crippen LogP contribution >= 0.6 is 27.3 Å². The van der Waals surface area contributed by atoms with E-state index in [-0.39, 0.29) is 23.5 Å². The number of likely N-dealkylation sites (tertiary alicyclic amines) is 1. The van der Waals surface area contributed by atoms with Crippen LogP contribution in [0.5, 0.6) is 17.2 Å². The average Bonchev–Trinajstić information content (AvgIpc) is 3.51. The van der Waals surface area contributed by atoms with Gasteiger partial charge in [0.05, 0.1) is 13.2 Å². The summed E-state index contributed by atoms with van der Waals surface area (Å²) in [5.41, 5.74) is 2.02. The molecule has 1 amide bonds. The lowest BCUT2D eigenvalue weighted by Gasteiger charge is -2.60. The van der Waals surface area contributed by atoms with E-state index in [0.29, 0.717) is 23.5 Å².